The maximum Gasteiger partial charge on any atom is 0.253 e. The summed E-state index contributed by atoms with van der Waals surface area (Å²) in [5.41, 5.74) is 3.76. The molecule has 0 bridgehead atoms. The van der Waals surface area contributed by atoms with E-state index in [2.05, 4.69) is 15.7 Å². The minimum atomic E-state index is -0.0572. The van der Waals surface area contributed by atoms with Crippen molar-refractivity contribution in [1.29, 1.82) is 0 Å². The zero-order valence-electron chi connectivity index (χ0n) is 12.1. The SMILES string of the molecule is CNc1cc(C)ccc1C(=O)NCCc1cnn(C)c1. The van der Waals surface area contributed by atoms with E-state index in [1.54, 1.807) is 4.68 Å². The number of aromatic nitrogens is 2. The fourth-order valence-corrected chi connectivity index (χ4v) is 2.08. The summed E-state index contributed by atoms with van der Waals surface area (Å²) in [4.78, 5) is 12.2. The highest BCUT2D eigenvalue weighted by atomic mass is 16.1. The number of benzene rings is 1. The molecule has 0 atom stereocenters. The monoisotopic (exact) mass is 272 g/mol. The van der Waals surface area contributed by atoms with Gasteiger partial charge >= 0.3 is 0 Å². The van der Waals surface area contributed by atoms with Crippen LogP contribution in [0, 0.1) is 6.92 Å². The Bertz CT molecular complexity index is 604. The highest BCUT2D eigenvalue weighted by Gasteiger charge is 2.10. The van der Waals surface area contributed by atoms with Gasteiger partial charge < -0.3 is 10.6 Å². The van der Waals surface area contributed by atoms with Gasteiger partial charge in [0.1, 0.15) is 0 Å². The molecule has 0 aliphatic rings. The molecular formula is C15H20N4O. The molecule has 1 heterocycles. The van der Waals surface area contributed by atoms with Gasteiger partial charge in [-0.15, -0.1) is 0 Å². The van der Waals surface area contributed by atoms with Crippen molar-refractivity contribution in [3.05, 3.63) is 47.3 Å². The van der Waals surface area contributed by atoms with E-state index in [0.29, 0.717) is 12.1 Å². The maximum absolute atomic E-state index is 12.2. The fourth-order valence-electron chi connectivity index (χ4n) is 2.08. The number of hydrogen-bond acceptors (Lipinski definition) is 3. The molecule has 0 aliphatic carbocycles. The summed E-state index contributed by atoms with van der Waals surface area (Å²) >= 11 is 0. The van der Waals surface area contributed by atoms with Crippen molar-refractivity contribution in [2.75, 3.05) is 18.9 Å². The van der Waals surface area contributed by atoms with Crippen LogP contribution in [-0.2, 0) is 13.5 Å². The number of amides is 1. The van der Waals surface area contributed by atoms with Crippen molar-refractivity contribution in [1.82, 2.24) is 15.1 Å². The average molecular weight is 272 g/mol. The summed E-state index contributed by atoms with van der Waals surface area (Å²) in [6.07, 6.45) is 4.55. The molecule has 5 nitrogen and oxygen atoms in total. The van der Waals surface area contributed by atoms with Crippen molar-refractivity contribution < 1.29 is 4.79 Å². The largest absolute Gasteiger partial charge is 0.387 e. The van der Waals surface area contributed by atoms with Crippen LogP contribution in [0.3, 0.4) is 0 Å². The highest BCUT2D eigenvalue weighted by molar-refractivity contribution is 5.99. The van der Waals surface area contributed by atoms with Crippen molar-refractivity contribution >= 4 is 11.6 Å². The first-order valence-corrected chi connectivity index (χ1v) is 6.64. The first-order chi connectivity index (χ1) is 9.60. The van der Waals surface area contributed by atoms with Crippen LogP contribution in [0.4, 0.5) is 5.69 Å². The standard InChI is InChI=1S/C15H20N4O/c1-11-4-5-13(14(8-11)16-2)15(20)17-7-6-12-9-18-19(3)10-12/h4-5,8-10,16H,6-7H2,1-3H3,(H,17,20). The van der Waals surface area contributed by atoms with Gasteiger partial charge in [0.2, 0.25) is 0 Å². The number of anilines is 1. The van der Waals surface area contributed by atoms with Gasteiger partial charge in [0, 0.05) is 32.5 Å². The molecule has 1 amide bonds. The third-order valence-corrected chi connectivity index (χ3v) is 3.15. The van der Waals surface area contributed by atoms with Crippen LogP contribution < -0.4 is 10.6 Å². The Hall–Kier alpha value is -2.30. The molecule has 106 valence electrons. The molecule has 5 heteroatoms. The van der Waals surface area contributed by atoms with Crippen LogP contribution in [-0.4, -0.2) is 29.3 Å². The predicted octanol–water partition coefficient (Wildman–Crippen LogP) is 1.74. The van der Waals surface area contributed by atoms with E-state index in [9.17, 15) is 4.79 Å². The van der Waals surface area contributed by atoms with Crippen LogP contribution in [0.15, 0.2) is 30.6 Å². The molecule has 0 fully saturated rings. The number of hydrogen-bond donors (Lipinski definition) is 2. The van der Waals surface area contributed by atoms with Crippen molar-refractivity contribution in [2.24, 2.45) is 7.05 Å². The number of carbonyl (C=O) groups excluding carboxylic acids is 1. The Morgan fingerprint density at radius 2 is 2.20 bits per heavy atom. The van der Waals surface area contributed by atoms with E-state index in [4.69, 9.17) is 0 Å². The lowest BCUT2D eigenvalue weighted by Crippen LogP contribution is -2.26. The molecule has 20 heavy (non-hydrogen) atoms. The Labute approximate surface area is 119 Å². The normalized spacial score (nSPS) is 10.3. The smallest absolute Gasteiger partial charge is 0.253 e. The molecule has 0 aliphatic heterocycles. The highest BCUT2D eigenvalue weighted by Crippen LogP contribution is 2.16. The maximum atomic E-state index is 12.2. The zero-order chi connectivity index (χ0) is 14.5. The van der Waals surface area contributed by atoms with Gasteiger partial charge in [-0.1, -0.05) is 6.07 Å². The molecule has 0 unspecified atom stereocenters. The molecule has 0 spiro atoms. The predicted molar refractivity (Wildman–Crippen MR) is 80.0 cm³/mol. The van der Waals surface area contributed by atoms with Crippen LogP contribution in [0.25, 0.3) is 0 Å². The summed E-state index contributed by atoms with van der Waals surface area (Å²) in [5.74, 6) is -0.0572. The van der Waals surface area contributed by atoms with Crippen LogP contribution in [0.5, 0.6) is 0 Å². The number of rotatable bonds is 5. The molecular weight excluding hydrogens is 252 g/mol. The van der Waals surface area contributed by atoms with E-state index in [0.717, 1.165) is 23.2 Å². The number of carbonyl (C=O) groups is 1. The third-order valence-electron chi connectivity index (χ3n) is 3.15. The van der Waals surface area contributed by atoms with E-state index in [1.807, 2.05) is 51.6 Å². The van der Waals surface area contributed by atoms with E-state index in [1.165, 1.54) is 0 Å². The van der Waals surface area contributed by atoms with E-state index < -0.39 is 0 Å². The molecule has 2 rings (SSSR count). The summed E-state index contributed by atoms with van der Waals surface area (Å²) < 4.78 is 1.76. The number of nitrogens with zero attached hydrogens (tertiary/aromatic N) is 2. The van der Waals surface area contributed by atoms with Gasteiger partial charge in [0.15, 0.2) is 0 Å². The Morgan fingerprint density at radius 1 is 1.40 bits per heavy atom. The first-order valence-electron chi connectivity index (χ1n) is 6.64. The lowest BCUT2D eigenvalue weighted by atomic mass is 10.1. The summed E-state index contributed by atoms with van der Waals surface area (Å²) in [7, 11) is 3.70. The van der Waals surface area contributed by atoms with Gasteiger partial charge in [-0.3, -0.25) is 9.48 Å². The average Bonchev–Trinajstić information content (AvgIpc) is 2.84. The van der Waals surface area contributed by atoms with Gasteiger partial charge in [-0.05, 0) is 36.6 Å². The molecule has 0 radical (unpaired) electrons. The Kier molecular flexibility index (Phi) is 4.40. The van der Waals surface area contributed by atoms with Crippen molar-refractivity contribution in [3.63, 3.8) is 0 Å². The number of nitrogens with one attached hydrogen (secondary N) is 2. The van der Waals surface area contributed by atoms with Gasteiger partial charge in [-0.25, -0.2) is 0 Å². The number of aryl methyl sites for hydroxylation is 2. The Morgan fingerprint density at radius 3 is 2.85 bits per heavy atom. The minimum Gasteiger partial charge on any atom is -0.387 e. The molecule has 2 N–H and O–H groups in total. The lowest BCUT2D eigenvalue weighted by molar-refractivity contribution is 0.0955. The van der Waals surface area contributed by atoms with Crippen molar-refractivity contribution in [3.8, 4) is 0 Å². The van der Waals surface area contributed by atoms with Crippen LogP contribution >= 0.6 is 0 Å². The van der Waals surface area contributed by atoms with Crippen LogP contribution in [0.2, 0.25) is 0 Å². The molecule has 0 saturated carbocycles. The van der Waals surface area contributed by atoms with E-state index >= 15 is 0 Å². The summed E-state index contributed by atoms with van der Waals surface area (Å²) in [5, 5.41) is 10.1. The van der Waals surface area contributed by atoms with Gasteiger partial charge in [0.05, 0.1) is 11.8 Å². The minimum absolute atomic E-state index is 0.0572. The second-order valence-electron chi connectivity index (χ2n) is 4.83. The molecule has 2 aromatic rings. The lowest BCUT2D eigenvalue weighted by Gasteiger charge is -2.10. The van der Waals surface area contributed by atoms with Crippen LogP contribution in [0.1, 0.15) is 21.5 Å². The summed E-state index contributed by atoms with van der Waals surface area (Å²) in [6.45, 7) is 2.60. The summed E-state index contributed by atoms with van der Waals surface area (Å²) in [6, 6.07) is 5.76. The van der Waals surface area contributed by atoms with E-state index in [-0.39, 0.29) is 5.91 Å². The molecule has 1 aromatic heterocycles. The second kappa shape index (κ2) is 6.23. The molecule has 0 saturated heterocycles. The quantitative estimate of drug-likeness (QED) is 0.871. The fraction of sp³-hybridized carbons (Fsp3) is 0.333. The first kappa shape index (κ1) is 14.1. The zero-order valence-corrected chi connectivity index (χ0v) is 12.1. The third kappa shape index (κ3) is 3.38. The topological polar surface area (TPSA) is 59.0 Å². The second-order valence-corrected chi connectivity index (χ2v) is 4.83. The Balaban J connectivity index is 1.95. The van der Waals surface area contributed by atoms with Crippen molar-refractivity contribution in [2.45, 2.75) is 13.3 Å². The van der Waals surface area contributed by atoms with Gasteiger partial charge in [-0.2, -0.15) is 5.10 Å². The molecule has 1 aromatic carbocycles. The van der Waals surface area contributed by atoms with Gasteiger partial charge in [0.25, 0.3) is 5.91 Å².